The van der Waals surface area contributed by atoms with Gasteiger partial charge >= 0.3 is 0 Å². The third-order valence-corrected chi connectivity index (χ3v) is 8.73. The molecule has 0 spiro atoms. The van der Waals surface area contributed by atoms with Gasteiger partial charge in [-0.3, -0.25) is 0 Å². The first-order valence-corrected chi connectivity index (χ1v) is 11.6. The highest BCUT2D eigenvalue weighted by molar-refractivity contribution is 5.08. The Balaban J connectivity index is 1.74. The number of hydrogen-bond acceptors (Lipinski definition) is 3. The predicted octanol–water partition coefficient (Wildman–Crippen LogP) is 5.90. The van der Waals surface area contributed by atoms with Crippen molar-refractivity contribution >= 4 is 0 Å². The number of hydrogen-bond donors (Lipinski definition) is 1. The zero-order valence-corrected chi connectivity index (χ0v) is 19.1. The Kier molecular flexibility index (Phi) is 6.41. The maximum absolute atomic E-state index is 11.4. The normalized spacial score (nSPS) is 41.1. The van der Waals surface area contributed by atoms with Crippen LogP contribution in [0.4, 0.5) is 0 Å². The molecule has 28 heavy (non-hydrogen) atoms. The first kappa shape index (κ1) is 22.3. The third kappa shape index (κ3) is 4.37. The molecule has 2 saturated carbocycles. The van der Waals surface area contributed by atoms with Gasteiger partial charge in [0.1, 0.15) is 0 Å². The van der Waals surface area contributed by atoms with Crippen LogP contribution >= 0.6 is 0 Å². The van der Waals surface area contributed by atoms with E-state index in [9.17, 15) is 5.11 Å². The molecule has 3 fully saturated rings. The highest BCUT2D eigenvalue weighted by atomic mass is 16.5. The van der Waals surface area contributed by atoms with Gasteiger partial charge in [-0.2, -0.15) is 0 Å². The van der Waals surface area contributed by atoms with E-state index in [4.69, 9.17) is 9.47 Å². The summed E-state index contributed by atoms with van der Waals surface area (Å²) in [6.07, 6.45) is 12.1. The summed E-state index contributed by atoms with van der Waals surface area (Å²) >= 11 is 0. The molecule has 0 amide bonds. The van der Waals surface area contributed by atoms with Crippen LogP contribution in [0.5, 0.6) is 0 Å². The Morgan fingerprint density at radius 3 is 2.43 bits per heavy atom. The van der Waals surface area contributed by atoms with Crippen molar-refractivity contribution in [1.82, 2.24) is 0 Å². The molecule has 0 aromatic heterocycles. The molecule has 3 aliphatic rings. The molecule has 0 aromatic carbocycles. The zero-order chi connectivity index (χ0) is 20.6. The summed E-state index contributed by atoms with van der Waals surface area (Å²) in [5.41, 5.74) is -0.322. The second-order valence-electron chi connectivity index (χ2n) is 11.3. The Morgan fingerprint density at radius 1 is 1.11 bits per heavy atom. The Bertz CT molecular complexity index is 548. The summed E-state index contributed by atoms with van der Waals surface area (Å²) in [5.74, 6) is 1.02. The van der Waals surface area contributed by atoms with Crippen molar-refractivity contribution in [3.05, 3.63) is 12.7 Å². The van der Waals surface area contributed by atoms with Crippen LogP contribution < -0.4 is 0 Å². The monoisotopic (exact) mass is 392 g/mol. The molecule has 1 saturated heterocycles. The molecule has 1 N–H and O–H groups in total. The van der Waals surface area contributed by atoms with Crippen molar-refractivity contribution in [2.75, 3.05) is 13.2 Å². The number of ether oxygens (including phenoxy) is 2. The van der Waals surface area contributed by atoms with Gasteiger partial charge in [0.2, 0.25) is 0 Å². The minimum absolute atomic E-state index is 0.213. The quantitative estimate of drug-likeness (QED) is 0.572. The summed E-state index contributed by atoms with van der Waals surface area (Å²) in [6.45, 7) is 17.3. The van der Waals surface area contributed by atoms with E-state index in [1.54, 1.807) is 0 Å². The number of rotatable bonds is 6. The van der Waals surface area contributed by atoms with Crippen LogP contribution in [-0.2, 0) is 9.47 Å². The molecule has 0 radical (unpaired) electrons. The molecule has 3 nitrogen and oxygen atoms in total. The fourth-order valence-corrected chi connectivity index (χ4v) is 7.08. The van der Waals surface area contributed by atoms with E-state index in [-0.39, 0.29) is 17.1 Å². The summed E-state index contributed by atoms with van der Waals surface area (Å²) in [7, 11) is 0. The fourth-order valence-electron chi connectivity index (χ4n) is 7.08. The first-order chi connectivity index (χ1) is 13.0. The van der Waals surface area contributed by atoms with E-state index in [1.165, 1.54) is 19.3 Å². The Labute approximate surface area is 173 Å². The van der Waals surface area contributed by atoms with Gasteiger partial charge in [0.15, 0.2) is 0 Å². The zero-order valence-electron chi connectivity index (χ0n) is 19.1. The van der Waals surface area contributed by atoms with Crippen LogP contribution in [0.25, 0.3) is 0 Å². The average Bonchev–Trinajstić information content (AvgIpc) is 2.60. The van der Waals surface area contributed by atoms with Crippen molar-refractivity contribution in [2.45, 2.75) is 110 Å². The third-order valence-electron chi connectivity index (χ3n) is 8.73. The molecule has 0 aromatic rings. The van der Waals surface area contributed by atoms with E-state index in [0.29, 0.717) is 17.3 Å². The van der Waals surface area contributed by atoms with Gasteiger partial charge in [-0.05, 0) is 87.9 Å². The molecule has 1 aliphatic heterocycles. The maximum atomic E-state index is 11.4. The van der Waals surface area contributed by atoms with Gasteiger partial charge in [-0.15, -0.1) is 6.58 Å². The highest BCUT2D eigenvalue weighted by Gasteiger charge is 2.57. The maximum Gasteiger partial charge on any atom is 0.0835 e. The number of aliphatic hydroxyl groups is 1. The van der Waals surface area contributed by atoms with Crippen LogP contribution in [0.3, 0.4) is 0 Å². The summed E-state index contributed by atoms with van der Waals surface area (Å²) in [6, 6.07) is 0. The summed E-state index contributed by atoms with van der Waals surface area (Å²) < 4.78 is 12.0. The average molecular weight is 393 g/mol. The van der Waals surface area contributed by atoms with Crippen LogP contribution in [0.1, 0.15) is 92.4 Å². The lowest BCUT2D eigenvalue weighted by atomic mass is 9.45. The van der Waals surface area contributed by atoms with Crippen molar-refractivity contribution in [1.29, 1.82) is 0 Å². The SMILES string of the molecule is C=CC(C)(CC[C@H]1C(C)(O)CCC2C(C)(C)CCC[C@@]21C)OC1CCOCC1. The van der Waals surface area contributed by atoms with Crippen LogP contribution in [0.2, 0.25) is 0 Å². The Morgan fingerprint density at radius 2 is 1.79 bits per heavy atom. The molecule has 2 aliphatic carbocycles. The lowest BCUT2D eigenvalue weighted by Crippen LogP contribution is -2.57. The minimum Gasteiger partial charge on any atom is -0.390 e. The van der Waals surface area contributed by atoms with Gasteiger partial charge < -0.3 is 14.6 Å². The van der Waals surface area contributed by atoms with Crippen molar-refractivity contribution < 1.29 is 14.6 Å². The van der Waals surface area contributed by atoms with Crippen molar-refractivity contribution in [3.63, 3.8) is 0 Å². The fraction of sp³-hybridized carbons (Fsp3) is 0.920. The predicted molar refractivity (Wildman–Crippen MR) is 115 cm³/mol. The van der Waals surface area contributed by atoms with Gasteiger partial charge in [0, 0.05) is 13.2 Å². The molecule has 3 unspecified atom stereocenters. The van der Waals surface area contributed by atoms with Crippen molar-refractivity contribution in [3.8, 4) is 0 Å². The summed E-state index contributed by atoms with van der Waals surface area (Å²) in [5, 5.41) is 11.4. The van der Waals surface area contributed by atoms with Gasteiger partial charge in [0.25, 0.3) is 0 Å². The standard InChI is InChI=1S/C25H44O3/c1-7-23(4,28-19-11-17-27-18-12-19)15-9-21-24(5)14-8-13-22(2,3)20(24)10-16-25(21,6)26/h7,19-21,26H,1,8-18H2,2-6H3/t20?,21-,23?,24+,25?/m1/s1. The number of fused-ring (bicyclic) bond motifs is 1. The Hall–Kier alpha value is -0.380. The molecular weight excluding hydrogens is 348 g/mol. The molecule has 162 valence electrons. The van der Waals surface area contributed by atoms with E-state index < -0.39 is 5.60 Å². The van der Waals surface area contributed by atoms with E-state index in [1.807, 2.05) is 6.08 Å². The highest BCUT2D eigenvalue weighted by Crippen LogP contribution is 2.63. The van der Waals surface area contributed by atoms with Gasteiger partial charge in [0.05, 0.1) is 17.3 Å². The largest absolute Gasteiger partial charge is 0.390 e. The molecule has 5 atom stereocenters. The smallest absolute Gasteiger partial charge is 0.0835 e. The summed E-state index contributed by atoms with van der Waals surface area (Å²) in [4.78, 5) is 0. The second kappa shape index (κ2) is 8.04. The van der Waals surface area contributed by atoms with Gasteiger partial charge in [-0.1, -0.05) is 33.3 Å². The van der Waals surface area contributed by atoms with Crippen molar-refractivity contribution in [2.24, 2.45) is 22.7 Å². The van der Waals surface area contributed by atoms with Crippen LogP contribution in [0, 0.1) is 22.7 Å². The van der Waals surface area contributed by atoms with Crippen LogP contribution in [-0.4, -0.2) is 35.6 Å². The van der Waals surface area contributed by atoms with E-state index in [0.717, 1.165) is 51.7 Å². The lowest BCUT2D eigenvalue weighted by molar-refractivity contribution is -0.175. The molecule has 0 bridgehead atoms. The topological polar surface area (TPSA) is 38.7 Å². The minimum atomic E-state index is -0.584. The lowest BCUT2D eigenvalue weighted by Gasteiger charge is -2.61. The van der Waals surface area contributed by atoms with Gasteiger partial charge in [-0.25, -0.2) is 0 Å². The molecule has 3 heteroatoms. The molecule has 1 heterocycles. The first-order valence-electron chi connectivity index (χ1n) is 11.6. The van der Waals surface area contributed by atoms with E-state index >= 15 is 0 Å². The molecular formula is C25H44O3. The van der Waals surface area contributed by atoms with E-state index in [2.05, 4.69) is 41.2 Å². The second-order valence-corrected chi connectivity index (χ2v) is 11.3. The molecule has 3 rings (SSSR count). The van der Waals surface area contributed by atoms with Crippen LogP contribution in [0.15, 0.2) is 12.7 Å².